The van der Waals surface area contributed by atoms with Gasteiger partial charge in [-0.15, -0.1) is 0 Å². The summed E-state index contributed by atoms with van der Waals surface area (Å²) < 4.78 is 25.2. The van der Waals surface area contributed by atoms with Crippen molar-refractivity contribution in [3.8, 4) is 5.75 Å². The van der Waals surface area contributed by atoms with Gasteiger partial charge in [0.25, 0.3) is 5.91 Å². The van der Waals surface area contributed by atoms with Crippen LogP contribution in [-0.2, 0) is 16.1 Å². The Morgan fingerprint density at radius 3 is 2.64 bits per heavy atom. The number of carbonyl (C=O) groups is 3. The standard InChI is InChI=1S/C26H31FN4O5/c1-3-28-26(34)30-18-8-11-22-20(12-18)25(33)31(2)21-10-9-19(36-23(21)15-35-22)13-24(32)29-14-16-4-6-17(27)7-5-16/h4-8,11-12,19,21,23H,3,9-10,13-15H2,1-2H3,(H,29,32)(H2,28,30,34)/t19-,21-,23+/m0/s1. The van der Waals surface area contributed by atoms with Crippen molar-refractivity contribution >= 4 is 23.5 Å². The Bertz CT molecular complexity index is 1110. The lowest BCUT2D eigenvalue weighted by Crippen LogP contribution is -2.53. The lowest BCUT2D eigenvalue weighted by atomic mass is 9.94. The molecule has 0 spiro atoms. The van der Waals surface area contributed by atoms with E-state index in [2.05, 4.69) is 16.0 Å². The Morgan fingerprint density at radius 2 is 1.89 bits per heavy atom. The van der Waals surface area contributed by atoms with Crippen molar-refractivity contribution < 1.29 is 28.2 Å². The average Bonchev–Trinajstić information content (AvgIpc) is 2.86. The molecule has 0 aromatic heterocycles. The van der Waals surface area contributed by atoms with Crippen LogP contribution in [-0.4, -0.2) is 61.2 Å². The molecule has 0 radical (unpaired) electrons. The molecule has 10 heteroatoms. The molecule has 1 saturated heterocycles. The molecule has 4 amide bonds. The largest absolute Gasteiger partial charge is 0.490 e. The van der Waals surface area contributed by atoms with Gasteiger partial charge in [0.05, 0.1) is 24.1 Å². The molecule has 9 nitrogen and oxygen atoms in total. The van der Waals surface area contributed by atoms with Gasteiger partial charge in [-0.25, -0.2) is 9.18 Å². The zero-order chi connectivity index (χ0) is 25.7. The summed E-state index contributed by atoms with van der Waals surface area (Å²) in [5, 5.41) is 8.21. The van der Waals surface area contributed by atoms with E-state index in [1.807, 2.05) is 6.92 Å². The van der Waals surface area contributed by atoms with Gasteiger partial charge < -0.3 is 30.3 Å². The summed E-state index contributed by atoms with van der Waals surface area (Å²) in [6.45, 7) is 2.85. The highest BCUT2D eigenvalue weighted by molar-refractivity contribution is 5.99. The zero-order valence-electron chi connectivity index (χ0n) is 20.4. The molecule has 1 fully saturated rings. The molecule has 2 aliphatic rings. The monoisotopic (exact) mass is 498 g/mol. The van der Waals surface area contributed by atoms with Gasteiger partial charge in [0, 0.05) is 25.8 Å². The molecule has 2 heterocycles. The molecule has 0 unspecified atom stereocenters. The number of urea groups is 1. The van der Waals surface area contributed by atoms with Crippen LogP contribution in [0.15, 0.2) is 42.5 Å². The zero-order valence-corrected chi connectivity index (χ0v) is 20.4. The quantitative estimate of drug-likeness (QED) is 0.567. The number of rotatable bonds is 6. The van der Waals surface area contributed by atoms with Crippen LogP contribution in [0, 0.1) is 5.82 Å². The smallest absolute Gasteiger partial charge is 0.319 e. The molecular formula is C26H31FN4O5. The molecule has 0 bridgehead atoms. The molecule has 0 aliphatic carbocycles. The Kier molecular flexibility index (Phi) is 8.04. The molecule has 3 N–H and O–H groups in total. The van der Waals surface area contributed by atoms with Gasteiger partial charge in [-0.1, -0.05) is 12.1 Å². The highest BCUT2D eigenvalue weighted by Crippen LogP contribution is 2.32. The van der Waals surface area contributed by atoms with Crippen LogP contribution in [0.4, 0.5) is 14.9 Å². The first-order valence-electron chi connectivity index (χ1n) is 12.1. The molecule has 36 heavy (non-hydrogen) atoms. The number of amides is 4. The number of hydrogen-bond donors (Lipinski definition) is 3. The summed E-state index contributed by atoms with van der Waals surface area (Å²) in [5.74, 6) is -0.288. The summed E-state index contributed by atoms with van der Waals surface area (Å²) in [7, 11) is 1.73. The molecule has 2 aromatic carbocycles. The number of hydrogen-bond acceptors (Lipinski definition) is 5. The maximum atomic E-state index is 13.3. The van der Waals surface area contributed by atoms with E-state index < -0.39 is 0 Å². The van der Waals surface area contributed by atoms with Crippen molar-refractivity contribution in [2.24, 2.45) is 0 Å². The second kappa shape index (κ2) is 11.4. The van der Waals surface area contributed by atoms with E-state index in [0.717, 1.165) is 5.56 Å². The molecular weight excluding hydrogens is 467 g/mol. The van der Waals surface area contributed by atoms with Crippen LogP contribution in [0.2, 0.25) is 0 Å². The Hall–Kier alpha value is -3.66. The fourth-order valence-electron chi connectivity index (χ4n) is 4.52. The summed E-state index contributed by atoms with van der Waals surface area (Å²) in [6, 6.07) is 10.4. The van der Waals surface area contributed by atoms with Crippen molar-refractivity contribution in [1.82, 2.24) is 15.5 Å². The van der Waals surface area contributed by atoms with Gasteiger partial charge in [-0.3, -0.25) is 9.59 Å². The minimum Gasteiger partial charge on any atom is -0.490 e. The van der Waals surface area contributed by atoms with Gasteiger partial charge in [0.1, 0.15) is 24.3 Å². The van der Waals surface area contributed by atoms with Gasteiger partial charge >= 0.3 is 6.03 Å². The molecule has 2 aliphatic heterocycles. The summed E-state index contributed by atoms with van der Waals surface area (Å²) in [5.41, 5.74) is 1.67. The third-order valence-electron chi connectivity index (χ3n) is 6.42. The lowest BCUT2D eigenvalue weighted by molar-refractivity contribution is -0.134. The van der Waals surface area contributed by atoms with E-state index in [4.69, 9.17) is 9.47 Å². The fourth-order valence-corrected chi connectivity index (χ4v) is 4.52. The number of likely N-dealkylation sites (N-methyl/N-ethyl adjacent to an activating group) is 1. The second-order valence-corrected chi connectivity index (χ2v) is 8.97. The number of ether oxygens (including phenoxy) is 2. The highest BCUT2D eigenvalue weighted by atomic mass is 19.1. The van der Waals surface area contributed by atoms with Gasteiger partial charge in [0.2, 0.25) is 5.91 Å². The van der Waals surface area contributed by atoms with E-state index >= 15 is 0 Å². The fraction of sp³-hybridized carbons (Fsp3) is 0.423. The SMILES string of the molecule is CCNC(=O)Nc1ccc2c(c1)C(=O)N(C)[C@H]1CC[C@@H](CC(=O)NCc3ccc(F)cc3)O[C@@H]1CO2. The van der Waals surface area contributed by atoms with E-state index in [9.17, 15) is 18.8 Å². The number of nitrogens with one attached hydrogen (secondary N) is 3. The van der Waals surface area contributed by atoms with Crippen LogP contribution >= 0.6 is 0 Å². The summed E-state index contributed by atoms with van der Waals surface area (Å²) >= 11 is 0. The number of fused-ring (bicyclic) bond motifs is 2. The number of benzene rings is 2. The van der Waals surface area contributed by atoms with Gasteiger partial charge in [0.15, 0.2) is 0 Å². The minimum absolute atomic E-state index is 0.156. The number of nitrogens with zero attached hydrogens (tertiary/aromatic N) is 1. The first-order chi connectivity index (χ1) is 17.3. The topological polar surface area (TPSA) is 109 Å². The van der Waals surface area contributed by atoms with Crippen LogP contribution in [0.5, 0.6) is 5.75 Å². The van der Waals surface area contributed by atoms with E-state index in [1.54, 1.807) is 42.3 Å². The molecule has 4 rings (SSSR count). The van der Waals surface area contributed by atoms with E-state index in [0.29, 0.717) is 42.9 Å². The second-order valence-electron chi connectivity index (χ2n) is 8.97. The van der Waals surface area contributed by atoms with Crippen LogP contribution in [0.25, 0.3) is 0 Å². The van der Waals surface area contributed by atoms with Crippen molar-refractivity contribution in [3.63, 3.8) is 0 Å². The van der Waals surface area contributed by atoms with Crippen LogP contribution in [0.3, 0.4) is 0 Å². The van der Waals surface area contributed by atoms with Crippen molar-refractivity contribution in [2.45, 2.75) is 51.0 Å². The third-order valence-corrected chi connectivity index (χ3v) is 6.42. The molecule has 2 aromatic rings. The van der Waals surface area contributed by atoms with Gasteiger partial charge in [-0.2, -0.15) is 0 Å². The number of anilines is 1. The maximum Gasteiger partial charge on any atom is 0.319 e. The summed E-state index contributed by atoms with van der Waals surface area (Å²) in [6.07, 6.45) is 0.790. The highest BCUT2D eigenvalue weighted by Gasteiger charge is 2.39. The Balaban J connectivity index is 1.37. The van der Waals surface area contributed by atoms with Gasteiger partial charge in [-0.05, 0) is 55.7 Å². The van der Waals surface area contributed by atoms with Crippen LogP contribution in [0.1, 0.15) is 42.1 Å². The Morgan fingerprint density at radius 1 is 1.11 bits per heavy atom. The minimum atomic E-state index is -0.385. The molecule has 0 saturated carbocycles. The van der Waals surface area contributed by atoms with Crippen molar-refractivity contribution in [2.75, 3.05) is 25.5 Å². The van der Waals surface area contributed by atoms with E-state index in [-0.39, 0.29) is 54.9 Å². The van der Waals surface area contributed by atoms with Crippen molar-refractivity contribution in [3.05, 3.63) is 59.4 Å². The van der Waals surface area contributed by atoms with Crippen molar-refractivity contribution in [1.29, 1.82) is 0 Å². The lowest BCUT2D eigenvalue weighted by Gasteiger charge is -2.42. The molecule has 3 atom stereocenters. The predicted molar refractivity (Wildman–Crippen MR) is 131 cm³/mol. The average molecular weight is 499 g/mol. The van der Waals surface area contributed by atoms with E-state index in [1.165, 1.54) is 12.1 Å². The first-order valence-corrected chi connectivity index (χ1v) is 12.1. The Labute approximate surface area is 209 Å². The summed E-state index contributed by atoms with van der Waals surface area (Å²) in [4.78, 5) is 39.3. The third kappa shape index (κ3) is 6.12. The number of halogens is 1. The maximum absolute atomic E-state index is 13.3. The van der Waals surface area contributed by atoms with Crippen LogP contribution < -0.4 is 20.7 Å². The first kappa shape index (κ1) is 25.4. The predicted octanol–water partition coefficient (Wildman–Crippen LogP) is 3.05. The normalized spacial score (nSPS) is 21.2. The number of carbonyl (C=O) groups excluding carboxylic acids is 3. The molecule has 192 valence electrons.